The van der Waals surface area contributed by atoms with Crippen molar-refractivity contribution in [3.05, 3.63) is 17.1 Å². The van der Waals surface area contributed by atoms with E-state index in [-0.39, 0.29) is 36.1 Å². The van der Waals surface area contributed by atoms with E-state index in [1.54, 1.807) is 28.1 Å². The Morgan fingerprint density at radius 2 is 1.71 bits per heavy atom. The van der Waals surface area contributed by atoms with Gasteiger partial charge in [0.25, 0.3) is 0 Å². The maximum atomic E-state index is 12.9. The van der Waals surface area contributed by atoms with Crippen LogP contribution in [0.3, 0.4) is 0 Å². The minimum Gasteiger partial charge on any atom is -0.465 e. The maximum absolute atomic E-state index is 12.9. The maximum Gasteiger partial charge on any atom is 0.247 e. The van der Waals surface area contributed by atoms with Crippen molar-refractivity contribution < 1.29 is 22.3 Å². The molecular formula is C13H20ClNO5S. The molecule has 8 heteroatoms. The fourth-order valence-electron chi connectivity index (χ4n) is 2.69. The summed E-state index contributed by atoms with van der Waals surface area (Å²) in [5, 5.41) is 0. The number of hydrogen-bond acceptors (Lipinski definition) is 5. The van der Waals surface area contributed by atoms with Gasteiger partial charge in [0.05, 0.1) is 18.1 Å². The lowest BCUT2D eigenvalue weighted by molar-refractivity contribution is -0.00461. The van der Waals surface area contributed by atoms with Crippen molar-refractivity contribution in [2.24, 2.45) is 0 Å². The first kappa shape index (κ1) is 16.8. The van der Waals surface area contributed by atoms with Crippen LogP contribution in [0.1, 0.15) is 17.1 Å². The van der Waals surface area contributed by atoms with E-state index in [0.29, 0.717) is 17.1 Å². The van der Waals surface area contributed by atoms with Crippen LogP contribution < -0.4 is 0 Å². The quantitative estimate of drug-likeness (QED) is 0.764. The van der Waals surface area contributed by atoms with Gasteiger partial charge in [-0.1, -0.05) is 0 Å². The monoisotopic (exact) mass is 337 g/mol. The number of rotatable bonds is 5. The van der Waals surface area contributed by atoms with Gasteiger partial charge in [0.2, 0.25) is 10.0 Å². The summed E-state index contributed by atoms with van der Waals surface area (Å²) in [6.45, 7) is 3.85. The Hall–Kier alpha value is -0.600. The van der Waals surface area contributed by atoms with Crippen LogP contribution in [0.15, 0.2) is 9.31 Å². The van der Waals surface area contributed by atoms with Crippen molar-refractivity contribution in [1.29, 1.82) is 0 Å². The average Bonchev–Trinajstić information content (AvgIpc) is 2.99. The number of sulfonamides is 1. The number of halogens is 1. The van der Waals surface area contributed by atoms with Gasteiger partial charge < -0.3 is 13.9 Å². The predicted molar refractivity (Wildman–Crippen MR) is 78.1 cm³/mol. The van der Waals surface area contributed by atoms with E-state index >= 15 is 0 Å². The fraction of sp³-hybridized carbons (Fsp3) is 0.692. The van der Waals surface area contributed by atoms with Crippen LogP contribution >= 0.6 is 11.6 Å². The summed E-state index contributed by atoms with van der Waals surface area (Å²) in [6, 6.07) is 0. The number of furan rings is 1. The minimum absolute atomic E-state index is 0.0903. The molecule has 0 N–H and O–H groups in total. The first-order valence-electron chi connectivity index (χ1n) is 6.57. The summed E-state index contributed by atoms with van der Waals surface area (Å²) in [5.74, 6) is 0.984. The van der Waals surface area contributed by atoms with E-state index in [2.05, 4.69) is 0 Å². The van der Waals surface area contributed by atoms with Crippen LogP contribution in [0.25, 0.3) is 0 Å². The first-order valence-corrected chi connectivity index (χ1v) is 8.54. The first-order chi connectivity index (χ1) is 9.86. The third kappa shape index (κ3) is 2.85. The average molecular weight is 338 g/mol. The van der Waals surface area contributed by atoms with Crippen LogP contribution in [0.4, 0.5) is 0 Å². The normalized spacial score (nSPS) is 23.9. The Balaban J connectivity index is 2.40. The highest BCUT2D eigenvalue weighted by Crippen LogP contribution is 2.32. The number of hydrogen-bond donors (Lipinski definition) is 0. The smallest absolute Gasteiger partial charge is 0.247 e. The zero-order valence-electron chi connectivity index (χ0n) is 12.6. The molecule has 0 aromatic carbocycles. The number of ether oxygens (including phenoxy) is 2. The zero-order valence-corrected chi connectivity index (χ0v) is 14.1. The molecule has 1 aliphatic heterocycles. The molecule has 2 rings (SSSR count). The molecule has 0 aliphatic carbocycles. The summed E-state index contributed by atoms with van der Waals surface area (Å²) in [4.78, 5) is 0.168. The van der Waals surface area contributed by atoms with E-state index in [0.717, 1.165) is 0 Å². The topological polar surface area (TPSA) is 69.0 Å². The molecule has 1 aromatic rings. The Kier molecular flexibility index (Phi) is 4.99. The summed E-state index contributed by atoms with van der Waals surface area (Å²) < 4.78 is 43.1. The molecule has 2 atom stereocenters. The summed E-state index contributed by atoms with van der Waals surface area (Å²) >= 11 is 5.88. The third-order valence-corrected chi connectivity index (χ3v) is 6.14. The zero-order chi connectivity index (χ0) is 15.8. The highest BCUT2D eigenvalue weighted by atomic mass is 35.5. The second-order valence-corrected chi connectivity index (χ2v) is 7.17. The summed E-state index contributed by atoms with van der Waals surface area (Å²) in [7, 11) is -0.590. The van der Waals surface area contributed by atoms with Gasteiger partial charge in [-0.2, -0.15) is 4.31 Å². The Bertz CT molecular complexity index is 600. The Labute approximate surface area is 130 Å². The molecule has 0 bridgehead atoms. The molecule has 21 heavy (non-hydrogen) atoms. The van der Waals surface area contributed by atoms with Gasteiger partial charge in [0.1, 0.15) is 16.4 Å². The Morgan fingerprint density at radius 1 is 1.19 bits per heavy atom. The molecular weight excluding hydrogens is 318 g/mol. The third-order valence-electron chi connectivity index (χ3n) is 3.84. The standard InChI is InChI=1S/C13H20ClNO5S/c1-8-10(5-14)13(9(2)20-8)21(16,17)15-6-11(18-3)12(7-15)19-4/h11-12H,5-7H2,1-4H3. The summed E-state index contributed by atoms with van der Waals surface area (Å²) in [6.07, 6.45) is -0.560. The van der Waals surface area contributed by atoms with Gasteiger partial charge in [-0.05, 0) is 13.8 Å². The fourth-order valence-corrected chi connectivity index (χ4v) is 4.97. The van der Waals surface area contributed by atoms with Crippen molar-refractivity contribution in [3.63, 3.8) is 0 Å². The van der Waals surface area contributed by atoms with Crippen LogP contribution in [0.2, 0.25) is 0 Å². The number of alkyl halides is 1. The van der Waals surface area contributed by atoms with Crippen LogP contribution in [0.5, 0.6) is 0 Å². The van der Waals surface area contributed by atoms with Crippen LogP contribution in [-0.2, 0) is 25.4 Å². The second-order valence-electron chi connectivity index (χ2n) is 5.03. The van der Waals surface area contributed by atoms with Crippen LogP contribution in [-0.4, -0.2) is 52.2 Å². The molecule has 120 valence electrons. The second kappa shape index (κ2) is 6.26. The van der Waals surface area contributed by atoms with Crippen molar-refractivity contribution >= 4 is 21.6 Å². The van der Waals surface area contributed by atoms with Crippen molar-refractivity contribution in [1.82, 2.24) is 4.31 Å². The highest BCUT2D eigenvalue weighted by molar-refractivity contribution is 7.89. The van der Waals surface area contributed by atoms with Gasteiger partial charge >= 0.3 is 0 Å². The molecule has 0 spiro atoms. The molecule has 1 aromatic heterocycles. The van der Waals surface area contributed by atoms with E-state index in [9.17, 15) is 8.42 Å². The van der Waals surface area contributed by atoms with E-state index in [1.165, 1.54) is 4.31 Å². The van der Waals surface area contributed by atoms with E-state index < -0.39 is 10.0 Å². The Morgan fingerprint density at radius 3 is 2.14 bits per heavy atom. The van der Waals surface area contributed by atoms with Crippen molar-refractivity contribution in [3.8, 4) is 0 Å². The van der Waals surface area contributed by atoms with Crippen molar-refractivity contribution in [2.75, 3.05) is 27.3 Å². The van der Waals surface area contributed by atoms with Gasteiger partial charge in [-0.25, -0.2) is 8.42 Å². The molecule has 1 aliphatic rings. The molecule has 0 radical (unpaired) electrons. The molecule has 6 nitrogen and oxygen atoms in total. The number of nitrogens with zero attached hydrogens (tertiary/aromatic N) is 1. The number of aryl methyl sites for hydroxylation is 2. The van der Waals surface area contributed by atoms with E-state index in [1.807, 2.05) is 0 Å². The van der Waals surface area contributed by atoms with Gasteiger partial charge in [-0.3, -0.25) is 0 Å². The number of methoxy groups -OCH3 is 2. The molecule has 2 heterocycles. The highest BCUT2D eigenvalue weighted by Gasteiger charge is 2.42. The lowest BCUT2D eigenvalue weighted by Gasteiger charge is -2.16. The molecule has 1 fully saturated rings. The van der Waals surface area contributed by atoms with Crippen LogP contribution in [0, 0.1) is 13.8 Å². The minimum atomic E-state index is -3.68. The summed E-state index contributed by atoms with van der Waals surface area (Å²) in [5.41, 5.74) is 0.518. The molecule has 0 saturated carbocycles. The lowest BCUT2D eigenvalue weighted by atomic mass is 10.3. The molecule has 1 saturated heterocycles. The lowest BCUT2D eigenvalue weighted by Crippen LogP contribution is -2.31. The largest absolute Gasteiger partial charge is 0.465 e. The SMILES string of the molecule is COC1CN(S(=O)(=O)c2c(C)oc(C)c2CCl)CC1OC. The van der Waals surface area contributed by atoms with E-state index in [4.69, 9.17) is 25.5 Å². The molecule has 2 unspecified atom stereocenters. The molecule has 0 amide bonds. The van der Waals surface area contributed by atoms with Gasteiger partial charge in [0.15, 0.2) is 0 Å². The van der Waals surface area contributed by atoms with Crippen molar-refractivity contribution in [2.45, 2.75) is 36.8 Å². The predicted octanol–water partition coefficient (Wildman–Crippen LogP) is 1.67. The van der Waals surface area contributed by atoms with Gasteiger partial charge in [0, 0.05) is 32.9 Å². The van der Waals surface area contributed by atoms with Gasteiger partial charge in [-0.15, -0.1) is 11.6 Å².